The number of hydrogen-bond donors (Lipinski definition) is 0. The van der Waals surface area contributed by atoms with E-state index in [1.807, 2.05) is 0 Å². The highest BCUT2D eigenvalue weighted by atomic mass is 19.4. The summed E-state index contributed by atoms with van der Waals surface area (Å²) < 4.78 is 58.6. The predicted octanol–water partition coefficient (Wildman–Crippen LogP) is 3.57. The number of hydrogen-bond acceptors (Lipinski definition) is 4. The van der Waals surface area contributed by atoms with Crippen molar-refractivity contribution in [2.24, 2.45) is 0 Å². The quantitative estimate of drug-likeness (QED) is 0.493. The number of benzene rings is 1. The zero-order valence-electron chi connectivity index (χ0n) is 11.1. The summed E-state index contributed by atoms with van der Waals surface area (Å²) in [5.41, 5.74) is -0.185. The summed E-state index contributed by atoms with van der Waals surface area (Å²) in [4.78, 5) is 14.6. The molecule has 0 saturated carbocycles. The predicted molar refractivity (Wildman–Crippen MR) is 67.7 cm³/mol. The van der Waals surface area contributed by atoms with Gasteiger partial charge in [0.05, 0.1) is 7.11 Å². The molecule has 0 atom stereocenters. The second-order valence-corrected chi connectivity index (χ2v) is 4.10. The van der Waals surface area contributed by atoms with E-state index in [0.717, 1.165) is 19.2 Å². The maximum absolute atomic E-state index is 13.9. The lowest BCUT2D eigenvalue weighted by molar-refractivity contribution is -0.274. The van der Waals surface area contributed by atoms with Gasteiger partial charge in [-0.25, -0.2) is 9.78 Å². The molecule has 1 aromatic heterocycles. The molecule has 0 fully saturated rings. The van der Waals surface area contributed by atoms with Crippen molar-refractivity contribution in [2.45, 2.75) is 6.36 Å². The summed E-state index contributed by atoms with van der Waals surface area (Å²) in [7, 11) is 1.12. The number of nitrogens with zero attached hydrogens (tertiary/aromatic N) is 1. The normalized spacial score (nSPS) is 11.1. The van der Waals surface area contributed by atoms with Crippen LogP contribution in [0.2, 0.25) is 0 Å². The molecule has 0 unspecified atom stereocenters. The average Bonchev–Trinajstić information content (AvgIpc) is 2.44. The van der Waals surface area contributed by atoms with Crippen molar-refractivity contribution < 1.29 is 31.8 Å². The molecule has 0 amide bonds. The first kappa shape index (κ1) is 15.7. The van der Waals surface area contributed by atoms with Gasteiger partial charge in [-0.3, -0.25) is 0 Å². The Morgan fingerprint density at radius 2 is 1.91 bits per heavy atom. The Morgan fingerprint density at radius 3 is 2.50 bits per heavy atom. The third-order valence-electron chi connectivity index (χ3n) is 2.62. The molecule has 2 rings (SSSR count). The molecule has 22 heavy (non-hydrogen) atoms. The van der Waals surface area contributed by atoms with E-state index in [9.17, 15) is 22.4 Å². The van der Waals surface area contributed by atoms with Gasteiger partial charge in [-0.05, 0) is 29.8 Å². The summed E-state index contributed by atoms with van der Waals surface area (Å²) in [6.07, 6.45) is -4.84. The van der Waals surface area contributed by atoms with Gasteiger partial charge in [0, 0.05) is 5.56 Å². The van der Waals surface area contributed by atoms with Gasteiger partial charge in [-0.1, -0.05) is 12.1 Å². The van der Waals surface area contributed by atoms with Crippen molar-refractivity contribution >= 4 is 5.97 Å². The summed E-state index contributed by atoms with van der Waals surface area (Å²) in [6, 6.07) is 7.21. The summed E-state index contributed by atoms with van der Waals surface area (Å²) >= 11 is 0. The molecule has 116 valence electrons. The molecule has 0 spiro atoms. The number of pyridine rings is 1. The topological polar surface area (TPSA) is 48.4 Å². The molecule has 1 heterocycles. The minimum atomic E-state index is -4.84. The maximum atomic E-state index is 13.9. The minimum absolute atomic E-state index is 0.0692. The number of alkyl halides is 3. The van der Waals surface area contributed by atoms with Crippen LogP contribution >= 0.6 is 0 Å². The number of esters is 1. The lowest BCUT2D eigenvalue weighted by Gasteiger charge is -2.10. The van der Waals surface area contributed by atoms with Gasteiger partial charge in [0.1, 0.15) is 5.75 Å². The Morgan fingerprint density at radius 1 is 1.18 bits per heavy atom. The molecule has 0 N–H and O–H groups in total. The van der Waals surface area contributed by atoms with Crippen LogP contribution in [0.3, 0.4) is 0 Å². The van der Waals surface area contributed by atoms with Crippen molar-refractivity contribution in [1.29, 1.82) is 0 Å². The van der Waals surface area contributed by atoms with E-state index in [2.05, 4.69) is 14.5 Å². The molecule has 0 aliphatic rings. The van der Waals surface area contributed by atoms with Gasteiger partial charge in [0.2, 0.25) is 5.95 Å². The van der Waals surface area contributed by atoms with Crippen molar-refractivity contribution in [2.75, 3.05) is 7.11 Å². The second kappa shape index (κ2) is 6.00. The van der Waals surface area contributed by atoms with Gasteiger partial charge < -0.3 is 9.47 Å². The lowest BCUT2D eigenvalue weighted by Crippen LogP contribution is -2.17. The molecule has 0 saturated heterocycles. The van der Waals surface area contributed by atoms with E-state index in [1.54, 1.807) is 0 Å². The van der Waals surface area contributed by atoms with Crippen LogP contribution in [-0.4, -0.2) is 24.4 Å². The van der Waals surface area contributed by atoms with E-state index >= 15 is 0 Å². The molecule has 0 bridgehead atoms. The SMILES string of the molecule is COC(=O)c1ccc(-c2cccc(OC(F)(F)F)c2)c(F)n1. The summed E-state index contributed by atoms with van der Waals surface area (Å²) in [6.45, 7) is 0. The smallest absolute Gasteiger partial charge is 0.464 e. The van der Waals surface area contributed by atoms with Crippen LogP contribution in [0.1, 0.15) is 10.5 Å². The van der Waals surface area contributed by atoms with Gasteiger partial charge in [-0.2, -0.15) is 4.39 Å². The van der Waals surface area contributed by atoms with Crippen molar-refractivity contribution in [3.63, 3.8) is 0 Å². The number of aromatic nitrogens is 1. The molecule has 8 heteroatoms. The molecule has 0 radical (unpaired) electrons. The number of ether oxygens (including phenoxy) is 2. The van der Waals surface area contributed by atoms with Crippen LogP contribution in [-0.2, 0) is 4.74 Å². The van der Waals surface area contributed by atoms with Gasteiger partial charge in [0.15, 0.2) is 5.69 Å². The third-order valence-corrected chi connectivity index (χ3v) is 2.62. The summed E-state index contributed by atoms with van der Waals surface area (Å²) in [5, 5.41) is 0. The fourth-order valence-corrected chi connectivity index (χ4v) is 1.73. The molecular formula is C14H9F4NO3. The van der Waals surface area contributed by atoms with E-state index in [1.165, 1.54) is 24.3 Å². The number of carbonyl (C=O) groups excluding carboxylic acids is 1. The first-order valence-corrected chi connectivity index (χ1v) is 5.91. The van der Waals surface area contributed by atoms with Crippen LogP contribution in [0.4, 0.5) is 17.6 Å². The van der Waals surface area contributed by atoms with E-state index in [-0.39, 0.29) is 16.8 Å². The molecule has 0 aliphatic heterocycles. The maximum Gasteiger partial charge on any atom is 0.573 e. The molecule has 2 aromatic rings. The van der Waals surface area contributed by atoms with Crippen LogP contribution in [0.25, 0.3) is 11.1 Å². The number of rotatable bonds is 3. The van der Waals surface area contributed by atoms with Gasteiger partial charge in [-0.15, -0.1) is 13.2 Å². The van der Waals surface area contributed by atoms with E-state index in [4.69, 9.17) is 0 Å². The molecule has 1 aromatic carbocycles. The van der Waals surface area contributed by atoms with Crippen molar-refractivity contribution in [3.05, 3.63) is 48.0 Å². The average molecular weight is 315 g/mol. The Balaban J connectivity index is 2.36. The minimum Gasteiger partial charge on any atom is -0.464 e. The zero-order valence-corrected chi connectivity index (χ0v) is 11.1. The highest BCUT2D eigenvalue weighted by molar-refractivity contribution is 5.87. The number of methoxy groups -OCH3 is 1. The Labute approximate surface area is 122 Å². The van der Waals surface area contributed by atoms with Crippen LogP contribution < -0.4 is 4.74 Å². The summed E-state index contributed by atoms with van der Waals surface area (Å²) in [5.74, 6) is -2.31. The Hall–Kier alpha value is -2.64. The number of carbonyl (C=O) groups is 1. The zero-order chi connectivity index (χ0) is 16.3. The fraction of sp³-hybridized carbons (Fsp3) is 0.143. The number of halogens is 4. The standard InChI is InChI=1S/C14H9F4NO3/c1-21-13(20)11-6-5-10(12(15)19-11)8-3-2-4-9(7-8)22-14(16,17)18/h2-7H,1H3. The molecule has 0 aliphatic carbocycles. The van der Waals surface area contributed by atoms with Crippen molar-refractivity contribution in [3.8, 4) is 16.9 Å². The first-order valence-electron chi connectivity index (χ1n) is 5.91. The van der Waals surface area contributed by atoms with E-state index in [0.29, 0.717) is 0 Å². The Kier molecular flexibility index (Phi) is 4.30. The highest BCUT2D eigenvalue weighted by Crippen LogP contribution is 2.29. The van der Waals surface area contributed by atoms with Crippen molar-refractivity contribution in [1.82, 2.24) is 4.98 Å². The van der Waals surface area contributed by atoms with E-state index < -0.39 is 24.0 Å². The van der Waals surface area contributed by atoms with Crippen LogP contribution in [0.5, 0.6) is 5.75 Å². The fourth-order valence-electron chi connectivity index (χ4n) is 1.73. The molecule has 4 nitrogen and oxygen atoms in total. The van der Waals surface area contributed by atoms with Gasteiger partial charge in [0.25, 0.3) is 0 Å². The second-order valence-electron chi connectivity index (χ2n) is 4.10. The first-order chi connectivity index (χ1) is 10.3. The Bertz CT molecular complexity index is 701. The third kappa shape index (κ3) is 3.72. The van der Waals surface area contributed by atoms with Gasteiger partial charge >= 0.3 is 12.3 Å². The monoisotopic (exact) mass is 315 g/mol. The largest absolute Gasteiger partial charge is 0.573 e. The lowest BCUT2D eigenvalue weighted by atomic mass is 10.1. The van der Waals surface area contributed by atoms with Crippen LogP contribution in [0.15, 0.2) is 36.4 Å². The highest BCUT2D eigenvalue weighted by Gasteiger charge is 2.31. The molecular weight excluding hydrogens is 306 g/mol. The van der Waals surface area contributed by atoms with Crippen LogP contribution in [0, 0.1) is 5.95 Å².